The summed E-state index contributed by atoms with van der Waals surface area (Å²) >= 11 is 0. The van der Waals surface area contributed by atoms with E-state index in [-0.39, 0.29) is 11.5 Å². The molecule has 0 unspecified atom stereocenters. The van der Waals surface area contributed by atoms with E-state index in [1.165, 1.54) is 0 Å². The molecule has 0 spiro atoms. The van der Waals surface area contributed by atoms with Crippen molar-refractivity contribution < 1.29 is 18.4 Å². The first-order valence-corrected chi connectivity index (χ1v) is 9.46. The van der Waals surface area contributed by atoms with Crippen LogP contribution in [0.25, 0.3) is 0 Å². The maximum Gasteiger partial charge on any atom is 0.473 e. The lowest BCUT2D eigenvalue weighted by Crippen LogP contribution is -2.58. The lowest BCUT2D eigenvalue weighted by molar-refractivity contribution is -0.138. The van der Waals surface area contributed by atoms with E-state index >= 15 is 0 Å². The number of carbonyl (C=O) groups is 2. The van der Waals surface area contributed by atoms with E-state index < -0.39 is 25.5 Å². The molecule has 0 aliphatic rings. The molecule has 4 nitrogen and oxygen atoms in total. The van der Waals surface area contributed by atoms with E-state index in [0.29, 0.717) is 11.1 Å². The molecule has 0 aromatic carbocycles. The van der Waals surface area contributed by atoms with Gasteiger partial charge in [-0.15, -0.1) is 0 Å². The molecule has 0 rings (SSSR count). The fraction of sp³-hybridized carbons (Fsp3) is 0.647. The highest BCUT2D eigenvalue weighted by Crippen LogP contribution is 2.51. The largest absolute Gasteiger partial charge is 0.481 e. The van der Waals surface area contributed by atoms with Crippen LogP contribution in [0.15, 0.2) is 24.3 Å². The van der Waals surface area contributed by atoms with Crippen molar-refractivity contribution in [3.63, 3.8) is 0 Å². The van der Waals surface area contributed by atoms with Gasteiger partial charge >= 0.3 is 20.5 Å². The van der Waals surface area contributed by atoms with Gasteiger partial charge in [-0.05, 0) is 19.8 Å². The van der Waals surface area contributed by atoms with Crippen LogP contribution in [-0.4, -0.2) is 20.5 Å². The summed E-state index contributed by atoms with van der Waals surface area (Å²) in [5, 5.41) is -0.461. The Balaban J connectivity index is 6.08. The molecule has 0 bridgehead atoms. The van der Waals surface area contributed by atoms with Crippen LogP contribution >= 0.6 is 0 Å². The Labute approximate surface area is 135 Å². The van der Waals surface area contributed by atoms with Crippen molar-refractivity contribution in [2.75, 3.05) is 0 Å². The zero-order chi connectivity index (χ0) is 17.9. The van der Waals surface area contributed by atoms with Crippen LogP contribution in [-0.2, 0) is 18.4 Å². The second kappa shape index (κ2) is 7.27. The smallest absolute Gasteiger partial charge is 0.473 e. The van der Waals surface area contributed by atoms with Gasteiger partial charge in [-0.1, -0.05) is 54.7 Å². The quantitative estimate of drug-likeness (QED) is 0.510. The second-order valence-corrected chi connectivity index (χ2v) is 11.2. The molecule has 0 aromatic rings. The maximum absolute atomic E-state index is 12.2. The van der Waals surface area contributed by atoms with Gasteiger partial charge in [0, 0.05) is 21.7 Å². The summed E-state index contributed by atoms with van der Waals surface area (Å²) in [6.45, 7) is 22.3. The minimum atomic E-state index is -3.24. The summed E-state index contributed by atoms with van der Waals surface area (Å²) in [5.41, 5.74) is 0.489. The van der Waals surface area contributed by atoms with Gasteiger partial charge in [0.25, 0.3) is 0 Å². The molecule has 0 aliphatic heterocycles. The molecule has 0 fully saturated rings. The van der Waals surface area contributed by atoms with Crippen LogP contribution < -0.4 is 0 Å². The van der Waals surface area contributed by atoms with E-state index in [4.69, 9.17) is 8.85 Å². The second-order valence-electron chi connectivity index (χ2n) is 7.04. The number of hydrogen-bond donors (Lipinski definition) is 0. The van der Waals surface area contributed by atoms with Gasteiger partial charge in [0.2, 0.25) is 0 Å². The van der Waals surface area contributed by atoms with E-state index in [2.05, 4.69) is 13.2 Å². The summed E-state index contributed by atoms with van der Waals surface area (Å²) in [7, 11) is -3.24. The van der Waals surface area contributed by atoms with Crippen LogP contribution in [0.5, 0.6) is 0 Å². The molecule has 126 valence electrons. The van der Waals surface area contributed by atoms with Crippen LogP contribution in [0.3, 0.4) is 0 Å². The third-order valence-corrected chi connectivity index (χ3v) is 9.16. The van der Waals surface area contributed by atoms with Gasteiger partial charge in [-0.3, -0.25) is 0 Å². The highest BCUT2D eigenvalue weighted by Gasteiger charge is 2.61. The van der Waals surface area contributed by atoms with Crippen molar-refractivity contribution in [3.05, 3.63) is 24.3 Å². The van der Waals surface area contributed by atoms with Crippen LogP contribution in [0.2, 0.25) is 10.6 Å². The molecule has 0 radical (unpaired) electrons. The highest BCUT2D eigenvalue weighted by molar-refractivity contribution is 6.75. The van der Waals surface area contributed by atoms with Gasteiger partial charge < -0.3 is 8.85 Å². The van der Waals surface area contributed by atoms with Gasteiger partial charge in [-0.25, -0.2) is 9.59 Å². The molecule has 0 aromatic heterocycles. The Morgan fingerprint density at radius 1 is 0.909 bits per heavy atom. The maximum atomic E-state index is 12.2. The average molecular weight is 327 g/mol. The van der Waals surface area contributed by atoms with E-state index in [0.717, 1.165) is 0 Å². The molecular weight excluding hydrogens is 296 g/mol. The van der Waals surface area contributed by atoms with Crippen molar-refractivity contribution >= 4 is 20.5 Å². The number of rotatable bonds is 7. The Hall–Kier alpha value is -1.36. The first kappa shape index (κ1) is 20.6. The Kier molecular flexibility index (Phi) is 6.82. The first-order valence-electron chi connectivity index (χ1n) is 7.57. The minimum Gasteiger partial charge on any atom is -0.481 e. The van der Waals surface area contributed by atoms with Gasteiger partial charge in [0.15, 0.2) is 0 Å². The zero-order valence-electron chi connectivity index (χ0n) is 15.2. The van der Waals surface area contributed by atoms with Crippen molar-refractivity contribution in [1.29, 1.82) is 0 Å². The van der Waals surface area contributed by atoms with Crippen molar-refractivity contribution in [3.8, 4) is 0 Å². The molecule has 22 heavy (non-hydrogen) atoms. The summed E-state index contributed by atoms with van der Waals surface area (Å²) in [5.74, 6) is -0.857. The SMILES string of the molecule is C=C(C)C(=O)O[Si](OC(=O)C(=C)C)(C(C)C)C(C)(C)C(C)C. The van der Waals surface area contributed by atoms with Gasteiger partial charge in [-0.2, -0.15) is 0 Å². The van der Waals surface area contributed by atoms with Crippen LogP contribution in [0.1, 0.15) is 55.4 Å². The Morgan fingerprint density at radius 2 is 1.23 bits per heavy atom. The van der Waals surface area contributed by atoms with E-state index in [1.54, 1.807) is 13.8 Å². The summed E-state index contributed by atoms with van der Waals surface area (Å²) in [6.07, 6.45) is 0. The Morgan fingerprint density at radius 3 is 1.41 bits per heavy atom. The predicted molar refractivity (Wildman–Crippen MR) is 91.5 cm³/mol. The monoisotopic (exact) mass is 326 g/mol. The average Bonchev–Trinajstić information content (AvgIpc) is 2.36. The lowest BCUT2D eigenvalue weighted by Gasteiger charge is -2.46. The van der Waals surface area contributed by atoms with Gasteiger partial charge in [0.1, 0.15) is 0 Å². The van der Waals surface area contributed by atoms with E-state index in [1.807, 2.05) is 41.5 Å². The Bertz CT molecular complexity index is 447. The molecule has 0 heterocycles. The molecule has 0 saturated heterocycles. The molecule has 0 aliphatic carbocycles. The summed E-state index contributed by atoms with van der Waals surface area (Å²) in [4.78, 5) is 24.4. The normalized spacial score (nSPS) is 12.3. The molecule has 0 saturated carbocycles. The predicted octanol–water partition coefficient (Wildman–Crippen LogP) is 4.51. The number of hydrogen-bond acceptors (Lipinski definition) is 4. The lowest BCUT2D eigenvalue weighted by atomic mass is 9.99. The fourth-order valence-corrected chi connectivity index (χ4v) is 6.35. The fourth-order valence-electron chi connectivity index (χ4n) is 2.12. The molecule has 0 N–H and O–H groups in total. The number of carbonyl (C=O) groups excluding carboxylic acids is 2. The molecule has 5 heteroatoms. The molecule has 0 atom stereocenters. The van der Waals surface area contributed by atoms with Crippen LogP contribution in [0.4, 0.5) is 0 Å². The summed E-state index contributed by atoms with van der Waals surface area (Å²) < 4.78 is 11.6. The van der Waals surface area contributed by atoms with E-state index in [9.17, 15) is 9.59 Å². The molecular formula is C17H30O4Si. The van der Waals surface area contributed by atoms with Gasteiger partial charge in [0.05, 0.1) is 0 Å². The standard InChI is InChI=1S/C17H30O4Si/c1-11(2)15(18)20-22(14(7)8,17(9,10)13(5)6)21-16(19)12(3)4/h13-14H,1,3H2,2,4-10H3. The van der Waals surface area contributed by atoms with Crippen LogP contribution in [0, 0.1) is 5.92 Å². The molecule has 0 amide bonds. The topological polar surface area (TPSA) is 52.6 Å². The first-order chi connectivity index (χ1) is 9.79. The third-order valence-electron chi connectivity index (χ3n) is 4.29. The third kappa shape index (κ3) is 4.09. The van der Waals surface area contributed by atoms with Crippen molar-refractivity contribution in [2.45, 2.75) is 66.0 Å². The summed E-state index contributed by atoms with van der Waals surface area (Å²) in [6, 6.07) is 0. The minimum absolute atomic E-state index is 0.100. The van der Waals surface area contributed by atoms with Crippen molar-refractivity contribution in [1.82, 2.24) is 0 Å². The zero-order valence-corrected chi connectivity index (χ0v) is 16.2. The van der Waals surface area contributed by atoms with Crippen molar-refractivity contribution in [2.24, 2.45) is 5.92 Å². The highest BCUT2D eigenvalue weighted by atomic mass is 28.4.